The normalized spacial score (nSPS) is 11.3. The molecule has 2 aromatic carbocycles. The van der Waals surface area contributed by atoms with Gasteiger partial charge in [0.1, 0.15) is 5.82 Å². The Morgan fingerprint density at radius 2 is 1.88 bits per heavy atom. The molecule has 0 saturated carbocycles. The zero-order valence-corrected chi connectivity index (χ0v) is 15.3. The van der Waals surface area contributed by atoms with Crippen molar-refractivity contribution in [2.45, 2.75) is 16.2 Å². The molecule has 1 amide bonds. The van der Waals surface area contributed by atoms with E-state index in [1.165, 1.54) is 37.4 Å². The van der Waals surface area contributed by atoms with E-state index in [2.05, 4.69) is 10.0 Å². The largest absolute Gasteiger partial charge is 0.352 e. The molecule has 8 heteroatoms. The molecule has 2 rings (SSSR count). The van der Waals surface area contributed by atoms with Crippen molar-refractivity contribution in [3.05, 3.63) is 59.9 Å². The van der Waals surface area contributed by atoms with Crippen LogP contribution >= 0.6 is 11.8 Å². The Labute approximate surface area is 151 Å². The molecule has 0 aromatic heterocycles. The van der Waals surface area contributed by atoms with E-state index in [-0.39, 0.29) is 16.6 Å². The van der Waals surface area contributed by atoms with Gasteiger partial charge in [0.2, 0.25) is 10.0 Å². The Morgan fingerprint density at radius 1 is 1.16 bits per heavy atom. The third-order valence-electron chi connectivity index (χ3n) is 3.36. The summed E-state index contributed by atoms with van der Waals surface area (Å²) in [5.74, 6) is 0.194. The van der Waals surface area contributed by atoms with E-state index in [1.54, 1.807) is 30.0 Å². The van der Waals surface area contributed by atoms with Gasteiger partial charge in [-0.1, -0.05) is 6.07 Å². The van der Waals surface area contributed by atoms with Gasteiger partial charge >= 0.3 is 0 Å². The average molecular weight is 382 g/mol. The Balaban J connectivity index is 1.80. The van der Waals surface area contributed by atoms with Crippen LogP contribution in [0.3, 0.4) is 0 Å². The third-order valence-corrected chi connectivity index (χ3v) is 5.87. The number of benzene rings is 2. The molecular formula is C17H19FN2O3S2. The zero-order valence-electron chi connectivity index (χ0n) is 13.7. The number of thioether (sulfide) groups is 1. The quantitative estimate of drug-likeness (QED) is 0.544. The second-order valence-corrected chi connectivity index (χ2v) is 8.20. The summed E-state index contributed by atoms with van der Waals surface area (Å²) in [6.45, 7) is 0.468. The highest BCUT2D eigenvalue weighted by molar-refractivity contribution is 7.99. The van der Waals surface area contributed by atoms with Gasteiger partial charge in [-0.15, -0.1) is 11.8 Å². The average Bonchev–Trinajstić information content (AvgIpc) is 2.63. The highest BCUT2D eigenvalue weighted by Crippen LogP contribution is 2.18. The highest BCUT2D eigenvalue weighted by Gasteiger charge is 2.13. The summed E-state index contributed by atoms with van der Waals surface area (Å²) in [5, 5.41) is 2.76. The summed E-state index contributed by atoms with van der Waals surface area (Å²) >= 11 is 1.58. The van der Waals surface area contributed by atoms with Crippen LogP contribution in [-0.2, 0) is 10.0 Å². The van der Waals surface area contributed by atoms with Crippen molar-refractivity contribution in [2.75, 3.05) is 19.3 Å². The van der Waals surface area contributed by atoms with Crippen LogP contribution in [0.4, 0.5) is 4.39 Å². The summed E-state index contributed by atoms with van der Waals surface area (Å²) < 4.78 is 38.5. The van der Waals surface area contributed by atoms with Crippen LogP contribution in [0.25, 0.3) is 0 Å². The van der Waals surface area contributed by atoms with Gasteiger partial charge < -0.3 is 5.32 Å². The first kappa shape index (κ1) is 19.4. The van der Waals surface area contributed by atoms with Gasteiger partial charge in [0.05, 0.1) is 4.90 Å². The molecule has 0 bridgehead atoms. The number of rotatable bonds is 8. The molecule has 0 heterocycles. The fourth-order valence-electron chi connectivity index (χ4n) is 2.02. The minimum atomic E-state index is -3.58. The zero-order chi connectivity index (χ0) is 18.3. The van der Waals surface area contributed by atoms with Gasteiger partial charge in [-0.3, -0.25) is 4.79 Å². The molecule has 0 aliphatic carbocycles. The molecule has 0 spiro atoms. The molecule has 2 aromatic rings. The SMILES string of the molecule is CNS(=O)(=O)c1cccc(C(=O)NCCCSc2ccc(F)cc2)c1. The number of halogens is 1. The monoisotopic (exact) mass is 382 g/mol. The van der Waals surface area contributed by atoms with E-state index in [0.29, 0.717) is 12.1 Å². The Kier molecular flexibility index (Phi) is 6.98. The summed E-state index contributed by atoms with van der Waals surface area (Å²) in [6.07, 6.45) is 0.738. The smallest absolute Gasteiger partial charge is 0.251 e. The summed E-state index contributed by atoms with van der Waals surface area (Å²) in [6, 6.07) is 12.1. The van der Waals surface area contributed by atoms with Crippen molar-refractivity contribution >= 4 is 27.7 Å². The molecule has 0 fully saturated rings. The molecule has 134 valence electrons. The van der Waals surface area contributed by atoms with Crippen molar-refractivity contribution in [1.82, 2.24) is 10.0 Å². The molecule has 0 unspecified atom stereocenters. The van der Waals surface area contributed by atoms with E-state index in [0.717, 1.165) is 17.1 Å². The Bertz CT molecular complexity index is 824. The van der Waals surface area contributed by atoms with Crippen molar-refractivity contribution in [3.63, 3.8) is 0 Å². The first-order chi connectivity index (χ1) is 11.9. The maximum atomic E-state index is 12.8. The first-order valence-corrected chi connectivity index (χ1v) is 10.1. The summed E-state index contributed by atoms with van der Waals surface area (Å²) in [5.41, 5.74) is 0.294. The standard InChI is InChI=1S/C17H19FN2O3S2/c1-19-25(22,23)16-5-2-4-13(12-16)17(21)20-10-3-11-24-15-8-6-14(18)7-9-15/h2,4-9,12,19H,3,10-11H2,1H3,(H,20,21). The lowest BCUT2D eigenvalue weighted by Gasteiger charge is -2.07. The van der Waals surface area contributed by atoms with E-state index in [1.807, 2.05) is 0 Å². The minimum absolute atomic E-state index is 0.0505. The lowest BCUT2D eigenvalue weighted by atomic mass is 10.2. The van der Waals surface area contributed by atoms with Crippen LogP contribution in [0.2, 0.25) is 0 Å². The maximum Gasteiger partial charge on any atom is 0.251 e. The fraction of sp³-hybridized carbons (Fsp3) is 0.235. The first-order valence-electron chi connectivity index (χ1n) is 7.62. The van der Waals surface area contributed by atoms with Gasteiger partial charge in [0.15, 0.2) is 0 Å². The third kappa shape index (κ3) is 5.84. The predicted octanol–water partition coefficient (Wildman–Crippen LogP) is 2.65. The van der Waals surface area contributed by atoms with Crippen LogP contribution in [0, 0.1) is 5.82 Å². The van der Waals surface area contributed by atoms with Gasteiger partial charge in [0.25, 0.3) is 5.91 Å². The van der Waals surface area contributed by atoms with Crippen LogP contribution in [0.5, 0.6) is 0 Å². The molecule has 0 atom stereocenters. The number of carbonyl (C=O) groups excluding carboxylic acids is 1. The van der Waals surface area contributed by atoms with Crippen LogP contribution in [-0.4, -0.2) is 33.7 Å². The fourth-order valence-corrected chi connectivity index (χ4v) is 3.65. The lowest BCUT2D eigenvalue weighted by Crippen LogP contribution is -2.25. The van der Waals surface area contributed by atoms with Crippen molar-refractivity contribution in [2.24, 2.45) is 0 Å². The number of nitrogens with one attached hydrogen (secondary N) is 2. The van der Waals surface area contributed by atoms with Gasteiger partial charge in [-0.25, -0.2) is 17.5 Å². The summed E-state index contributed by atoms with van der Waals surface area (Å²) in [7, 11) is -2.26. The molecule has 25 heavy (non-hydrogen) atoms. The molecule has 2 N–H and O–H groups in total. The van der Waals surface area contributed by atoms with Gasteiger partial charge in [-0.2, -0.15) is 0 Å². The highest BCUT2D eigenvalue weighted by atomic mass is 32.2. The molecule has 0 aliphatic heterocycles. The molecule has 0 radical (unpaired) electrons. The number of carbonyl (C=O) groups is 1. The Morgan fingerprint density at radius 3 is 2.56 bits per heavy atom. The maximum absolute atomic E-state index is 12.8. The lowest BCUT2D eigenvalue weighted by molar-refractivity contribution is 0.0953. The molecule has 0 aliphatic rings. The van der Waals surface area contributed by atoms with Gasteiger partial charge in [-0.05, 0) is 61.7 Å². The van der Waals surface area contributed by atoms with Crippen molar-refractivity contribution in [1.29, 1.82) is 0 Å². The van der Waals surface area contributed by atoms with E-state index in [4.69, 9.17) is 0 Å². The second kappa shape index (κ2) is 8.98. The van der Waals surface area contributed by atoms with Crippen LogP contribution in [0.1, 0.15) is 16.8 Å². The van der Waals surface area contributed by atoms with Crippen LogP contribution < -0.4 is 10.0 Å². The van der Waals surface area contributed by atoms with Gasteiger partial charge in [0, 0.05) is 17.0 Å². The number of sulfonamides is 1. The van der Waals surface area contributed by atoms with Crippen molar-refractivity contribution < 1.29 is 17.6 Å². The molecule has 5 nitrogen and oxygen atoms in total. The number of hydrogen-bond donors (Lipinski definition) is 2. The van der Waals surface area contributed by atoms with Crippen molar-refractivity contribution in [3.8, 4) is 0 Å². The minimum Gasteiger partial charge on any atom is -0.352 e. The molecule has 0 saturated heterocycles. The van der Waals surface area contributed by atoms with E-state index in [9.17, 15) is 17.6 Å². The Hall–Kier alpha value is -1.90. The van der Waals surface area contributed by atoms with E-state index < -0.39 is 10.0 Å². The summed E-state index contributed by atoms with van der Waals surface area (Å²) in [4.78, 5) is 13.1. The van der Waals surface area contributed by atoms with Crippen LogP contribution in [0.15, 0.2) is 58.3 Å². The number of amides is 1. The van der Waals surface area contributed by atoms with E-state index >= 15 is 0 Å². The topological polar surface area (TPSA) is 75.3 Å². The predicted molar refractivity (Wildman–Crippen MR) is 96.8 cm³/mol. The number of hydrogen-bond acceptors (Lipinski definition) is 4. The second-order valence-electron chi connectivity index (χ2n) is 5.15. The molecular weight excluding hydrogens is 363 g/mol.